The number of hydrogen-bond acceptors (Lipinski definition) is 4. The van der Waals surface area contributed by atoms with Crippen LogP contribution in [-0.4, -0.2) is 49.3 Å². The van der Waals surface area contributed by atoms with Crippen LogP contribution >= 0.6 is 0 Å². The fourth-order valence-electron chi connectivity index (χ4n) is 1.74. The fraction of sp³-hybridized carbons (Fsp3) is 0.429. The lowest BCUT2D eigenvalue weighted by Gasteiger charge is -2.17. The van der Waals surface area contributed by atoms with Crippen LogP contribution in [0.25, 0.3) is 0 Å². The van der Waals surface area contributed by atoms with Gasteiger partial charge in [0.1, 0.15) is 11.9 Å². The predicted molar refractivity (Wildman–Crippen MR) is 80.7 cm³/mol. The van der Waals surface area contributed by atoms with E-state index in [4.69, 9.17) is 5.11 Å². The monoisotopic (exact) mass is 346 g/mol. The van der Waals surface area contributed by atoms with Crippen molar-refractivity contribution in [2.24, 2.45) is 0 Å². The largest absolute Gasteiger partial charge is 0.480 e. The number of aliphatic carboxylic acids is 1. The Balaban J connectivity index is 2.53. The Morgan fingerprint density at radius 2 is 1.87 bits per heavy atom. The molecule has 0 aliphatic rings. The maximum absolute atomic E-state index is 12.8. The van der Waals surface area contributed by atoms with Gasteiger partial charge < -0.3 is 10.4 Å². The highest BCUT2D eigenvalue weighted by atomic mass is 32.2. The first-order valence-electron chi connectivity index (χ1n) is 6.88. The summed E-state index contributed by atoms with van der Waals surface area (Å²) in [5.74, 6) is -2.14. The summed E-state index contributed by atoms with van der Waals surface area (Å²) in [7, 11) is -2.39. The van der Waals surface area contributed by atoms with E-state index in [1.54, 1.807) is 0 Å². The van der Waals surface area contributed by atoms with Crippen LogP contribution in [0, 0.1) is 5.82 Å². The molecule has 0 radical (unpaired) electrons. The summed E-state index contributed by atoms with van der Waals surface area (Å²) in [6.07, 6.45) is 0.232. The van der Waals surface area contributed by atoms with Crippen molar-refractivity contribution in [1.82, 2.24) is 9.62 Å². The highest BCUT2D eigenvalue weighted by Gasteiger charge is 2.21. The number of carboxylic acid groups (broad SMARTS) is 1. The number of sulfonamides is 1. The van der Waals surface area contributed by atoms with Gasteiger partial charge in [0.05, 0.1) is 4.90 Å². The summed E-state index contributed by atoms with van der Waals surface area (Å²) in [6, 6.07) is 3.46. The zero-order valence-corrected chi connectivity index (χ0v) is 13.6. The molecule has 0 saturated carbocycles. The Hall–Kier alpha value is -2.00. The quantitative estimate of drug-likeness (QED) is 0.725. The van der Waals surface area contributed by atoms with Gasteiger partial charge >= 0.3 is 5.97 Å². The first-order chi connectivity index (χ1) is 10.6. The Morgan fingerprint density at radius 3 is 2.39 bits per heavy atom. The zero-order chi connectivity index (χ0) is 17.6. The highest BCUT2D eigenvalue weighted by Crippen LogP contribution is 2.15. The van der Waals surface area contributed by atoms with Crippen molar-refractivity contribution >= 4 is 21.9 Å². The van der Waals surface area contributed by atoms with Crippen molar-refractivity contribution in [3.05, 3.63) is 30.1 Å². The fourth-order valence-corrected chi connectivity index (χ4v) is 2.95. The lowest BCUT2D eigenvalue weighted by Crippen LogP contribution is -2.38. The molecule has 0 saturated heterocycles. The smallest absolute Gasteiger partial charge is 0.325 e. The van der Waals surface area contributed by atoms with E-state index in [0.29, 0.717) is 0 Å². The number of amides is 1. The number of carbonyl (C=O) groups is 2. The first-order valence-corrected chi connectivity index (χ1v) is 8.32. The molecule has 7 nitrogen and oxygen atoms in total. The van der Waals surface area contributed by atoms with E-state index in [1.165, 1.54) is 26.1 Å². The first kappa shape index (κ1) is 19.0. The second kappa shape index (κ2) is 8.02. The number of rotatable bonds is 8. The van der Waals surface area contributed by atoms with Gasteiger partial charge in [0.25, 0.3) is 0 Å². The van der Waals surface area contributed by atoms with E-state index in [0.717, 1.165) is 16.4 Å². The number of nitrogens with one attached hydrogen (secondary N) is 1. The van der Waals surface area contributed by atoms with Gasteiger partial charge in [-0.05, 0) is 37.6 Å². The Labute approximate surface area is 134 Å². The number of benzene rings is 1. The van der Waals surface area contributed by atoms with Crippen molar-refractivity contribution in [3.63, 3.8) is 0 Å². The zero-order valence-electron chi connectivity index (χ0n) is 12.8. The third-order valence-corrected chi connectivity index (χ3v) is 5.02. The average Bonchev–Trinajstić information content (AvgIpc) is 2.47. The third-order valence-electron chi connectivity index (χ3n) is 3.15. The van der Waals surface area contributed by atoms with Gasteiger partial charge in [-0.1, -0.05) is 0 Å². The van der Waals surface area contributed by atoms with Crippen LogP contribution in [0.1, 0.15) is 19.8 Å². The van der Waals surface area contributed by atoms with E-state index in [2.05, 4.69) is 5.32 Å². The molecule has 0 aromatic heterocycles. The minimum absolute atomic E-state index is 0.000891. The maximum Gasteiger partial charge on any atom is 0.325 e. The van der Waals surface area contributed by atoms with Gasteiger partial charge in [-0.2, -0.15) is 0 Å². The van der Waals surface area contributed by atoms with Gasteiger partial charge in [-0.3, -0.25) is 9.59 Å². The van der Waals surface area contributed by atoms with E-state index < -0.39 is 33.8 Å². The van der Waals surface area contributed by atoms with Gasteiger partial charge in [0, 0.05) is 20.0 Å². The van der Waals surface area contributed by atoms with Crippen molar-refractivity contribution < 1.29 is 27.5 Å². The second-order valence-corrected chi connectivity index (χ2v) is 7.06. The maximum atomic E-state index is 12.8. The van der Waals surface area contributed by atoms with Gasteiger partial charge in [-0.15, -0.1) is 0 Å². The molecule has 128 valence electrons. The number of halogens is 1. The van der Waals surface area contributed by atoms with Gasteiger partial charge in [0.15, 0.2) is 0 Å². The standard InChI is InChI=1S/C14H19FN2O5S/c1-10(14(19)20)16-13(18)4-3-9-17(2)23(21,22)12-7-5-11(15)6-8-12/h5-8,10H,3-4,9H2,1-2H3,(H,16,18)(H,19,20). The summed E-state index contributed by atoms with van der Waals surface area (Å²) in [5, 5.41) is 10.9. The van der Waals surface area contributed by atoms with Crippen LogP contribution in [0.3, 0.4) is 0 Å². The van der Waals surface area contributed by atoms with Crippen molar-refractivity contribution in [2.75, 3.05) is 13.6 Å². The summed E-state index contributed by atoms with van der Waals surface area (Å²) in [4.78, 5) is 22.1. The Bertz CT molecular complexity index is 660. The molecule has 9 heteroatoms. The molecular weight excluding hydrogens is 327 g/mol. The summed E-state index contributed by atoms with van der Waals surface area (Å²) < 4.78 is 38.3. The Morgan fingerprint density at radius 1 is 1.30 bits per heavy atom. The lowest BCUT2D eigenvalue weighted by atomic mass is 10.2. The molecular formula is C14H19FN2O5S. The van der Waals surface area contributed by atoms with Crippen LogP contribution in [0.4, 0.5) is 4.39 Å². The molecule has 0 aliphatic heterocycles. The van der Waals surface area contributed by atoms with Crippen LogP contribution in [0.15, 0.2) is 29.2 Å². The lowest BCUT2D eigenvalue weighted by molar-refractivity contribution is -0.141. The van der Waals surface area contributed by atoms with E-state index >= 15 is 0 Å². The van der Waals surface area contributed by atoms with Crippen molar-refractivity contribution in [2.45, 2.75) is 30.7 Å². The number of nitrogens with zero attached hydrogens (tertiary/aromatic N) is 1. The highest BCUT2D eigenvalue weighted by molar-refractivity contribution is 7.89. The summed E-state index contributed by atoms with van der Waals surface area (Å²) >= 11 is 0. The molecule has 2 N–H and O–H groups in total. The average molecular weight is 346 g/mol. The molecule has 1 amide bonds. The van der Waals surface area contributed by atoms with E-state index in [1.807, 2.05) is 0 Å². The number of carboxylic acids is 1. The minimum Gasteiger partial charge on any atom is -0.480 e. The molecule has 23 heavy (non-hydrogen) atoms. The van der Waals surface area contributed by atoms with Crippen LogP contribution in [0.5, 0.6) is 0 Å². The molecule has 1 atom stereocenters. The molecule has 0 spiro atoms. The summed E-state index contributed by atoms with van der Waals surface area (Å²) in [6.45, 7) is 1.42. The molecule has 0 heterocycles. The number of hydrogen-bond donors (Lipinski definition) is 2. The van der Waals surface area contributed by atoms with Gasteiger partial charge in [0.2, 0.25) is 15.9 Å². The van der Waals surface area contributed by atoms with Crippen LogP contribution in [0.2, 0.25) is 0 Å². The number of carbonyl (C=O) groups excluding carboxylic acids is 1. The predicted octanol–water partition coefficient (Wildman–Crippen LogP) is 0.816. The van der Waals surface area contributed by atoms with Gasteiger partial charge in [-0.25, -0.2) is 17.1 Å². The van der Waals surface area contributed by atoms with E-state index in [-0.39, 0.29) is 24.3 Å². The topological polar surface area (TPSA) is 104 Å². The SMILES string of the molecule is CC(NC(=O)CCCN(C)S(=O)(=O)c1ccc(F)cc1)C(=O)O. The molecule has 1 aromatic carbocycles. The normalized spacial score (nSPS) is 12.9. The molecule has 1 unspecified atom stereocenters. The van der Waals surface area contributed by atoms with E-state index in [9.17, 15) is 22.4 Å². The molecule has 1 rings (SSSR count). The van der Waals surface area contributed by atoms with Crippen molar-refractivity contribution in [3.8, 4) is 0 Å². The molecule has 0 aliphatic carbocycles. The molecule has 0 bridgehead atoms. The van der Waals surface area contributed by atoms with Crippen LogP contribution in [-0.2, 0) is 19.6 Å². The Kier molecular flexibility index (Phi) is 6.64. The molecule has 1 aromatic rings. The third kappa shape index (κ3) is 5.61. The summed E-state index contributed by atoms with van der Waals surface area (Å²) in [5.41, 5.74) is 0. The second-order valence-electron chi connectivity index (χ2n) is 5.01. The minimum atomic E-state index is -3.75. The molecule has 0 fully saturated rings. The van der Waals surface area contributed by atoms with Crippen molar-refractivity contribution in [1.29, 1.82) is 0 Å². The van der Waals surface area contributed by atoms with Crippen LogP contribution < -0.4 is 5.32 Å².